The summed E-state index contributed by atoms with van der Waals surface area (Å²) in [7, 11) is 0. The minimum absolute atomic E-state index is 0. The molecule has 0 atom stereocenters. The molecule has 0 rings (SSSR count). The summed E-state index contributed by atoms with van der Waals surface area (Å²) in [5.74, 6) is 0. The second-order valence-electron chi connectivity index (χ2n) is 0.238. The van der Waals surface area contributed by atoms with Gasteiger partial charge in [-0.1, -0.05) is 0 Å². The Morgan fingerprint density at radius 2 is 1.43 bits per heavy atom. The van der Waals surface area contributed by atoms with Crippen LogP contribution in [-0.2, 0) is 0 Å². The average Bonchev–Trinajstić information content (AvgIpc) is 0.811. The fourth-order valence-electron chi connectivity index (χ4n) is 0. The zero-order valence-corrected chi connectivity index (χ0v) is 2.53. The van der Waals surface area contributed by atoms with Gasteiger partial charge in [0.1, 0.15) is 0 Å². The molecule has 0 unspecified atom stereocenters. The third-order valence-corrected chi connectivity index (χ3v) is 0. The van der Waals surface area contributed by atoms with Gasteiger partial charge in [0.05, 0.1) is 0 Å². The van der Waals surface area contributed by atoms with Crippen LogP contribution in [0.5, 0.6) is 0 Å². The molecule has 0 aromatic rings. The Morgan fingerprint density at radius 3 is 1.43 bits per heavy atom. The van der Waals surface area contributed by atoms with E-state index in [1.54, 1.807) is 0 Å². The van der Waals surface area contributed by atoms with Crippen molar-refractivity contribution in [2.45, 2.75) is 0 Å². The number of rotatable bonds is 0. The van der Waals surface area contributed by atoms with Crippen molar-refractivity contribution < 1.29 is 19.7 Å². The van der Waals surface area contributed by atoms with E-state index in [1.165, 1.54) is 0 Å². The Hall–Kier alpha value is 0.0600. The van der Waals surface area contributed by atoms with Crippen molar-refractivity contribution in [2.24, 2.45) is 0 Å². The average molecular weight is 127 g/mol. The van der Waals surface area contributed by atoms with Gasteiger partial charge in [-0.3, -0.25) is 9.41 Å². The Morgan fingerprint density at radius 1 is 1.43 bits per heavy atom. The van der Waals surface area contributed by atoms with Crippen molar-refractivity contribution in [1.82, 2.24) is 0 Å². The molecule has 0 aliphatic rings. The van der Waals surface area contributed by atoms with Crippen LogP contribution in [-0.4, -0.2) is 39.9 Å². The Labute approximate surface area is 59.6 Å². The molecule has 0 aromatic heterocycles. The van der Waals surface area contributed by atoms with Gasteiger partial charge >= 0.3 is 29.6 Å². The molecule has 0 fully saturated rings. The molecule has 0 amide bonds. The van der Waals surface area contributed by atoms with E-state index in [9.17, 15) is 0 Å². The molecular weight excluding hydrogens is 123 g/mol. The topological polar surface area (TPSA) is 63.4 Å². The van der Waals surface area contributed by atoms with Gasteiger partial charge in [0.2, 0.25) is 0 Å². The summed E-state index contributed by atoms with van der Waals surface area (Å²) in [4.78, 5) is 8.36. The summed E-state index contributed by atoms with van der Waals surface area (Å²) < 4.78 is 0. The third kappa shape index (κ3) is 27700. The van der Waals surface area contributed by atoms with Crippen LogP contribution < -0.4 is 0 Å². The van der Waals surface area contributed by atoms with Crippen molar-refractivity contribution in [3.8, 4) is 0 Å². The molecule has 42 valence electrons. The summed E-state index contributed by atoms with van der Waals surface area (Å²) in [5.41, 5.74) is 0. The predicted octanol–water partition coefficient (Wildman–Crippen LogP) is -0.691. The number of nitrogens with zero attached hydrogens (tertiary/aromatic N) is 1. The van der Waals surface area contributed by atoms with E-state index in [4.69, 9.17) is 15.3 Å². The maximum atomic E-state index is 8.36. The Bertz CT molecular complexity index is 35.9. The van der Waals surface area contributed by atoms with E-state index >= 15 is 0 Å². The van der Waals surface area contributed by atoms with Crippen LogP contribution in [0.3, 0.4) is 0 Å². The standard InChI is InChI=1S/2FH.HNO3.Na.H/c;;2-1(3)4;;/h2*1H;(H,2,3,4);;. The van der Waals surface area contributed by atoms with Crippen LogP contribution in [0.15, 0.2) is 0 Å². The molecule has 1 N–H and O–H groups in total. The van der Waals surface area contributed by atoms with Crippen molar-refractivity contribution in [1.29, 1.82) is 0 Å². The molecule has 0 aromatic carbocycles. The molecule has 0 spiro atoms. The molecule has 0 saturated heterocycles. The number of hydrogen-bond donors (Lipinski definition) is 1. The first-order valence-electron chi connectivity index (χ1n) is 0.565. The van der Waals surface area contributed by atoms with Gasteiger partial charge < -0.3 is 5.21 Å². The van der Waals surface area contributed by atoms with Gasteiger partial charge in [-0.2, -0.15) is 0 Å². The van der Waals surface area contributed by atoms with Crippen molar-refractivity contribution >= 4 is 29.6 Å². The normalized spacial score (nSPS) is 3.43. The van der Waals surface area contributed by atoms with Gasteiger partial charge in [0, 0.05) is 0 Å². The molecule has 0 bridgehead atoms. The van der Waals surface area contributed by atoms with E-state index in [0.29, 0.717) is 0 Å². The SMILES string of the molecule is F.F.O=[N+]([O-])O.[NaH]. The molecule has 0 radical (unpaired) electrons. The monoisotopic (exact) mass is 127 g/mol. The van der Waals surface area contributed by atoms with E-state index in [2.05, 4.69) is 0 Å². The molecule has 0 aliphatic carbocycles. The van der Waals surface area contributed by atoms with Gasteiger partial charge in [-0.25, -0.2) is 0 Å². The molecule has 4 nitrogen and oxygen atoms in total. The van der Waals surface area contributed by atoms with E-state index < -0.39 is 5.09 Å². The summed E-state index contributed by atoms with van der Waals surface area (Å²) >= 11 is 0. The zero-order valence-electron chi connectivity index (χ0n) is 2.53. The van der Waals surface area contributed by atoms with Crippen LogP contribution >= 0.6 is 0 Å². The molecular formula is H4F2NNaO3. The van der Waals surface area contributed by atoms with Crippen LogP contribution in [0.1, 0.15) is 0 Å². The second-order valence-corrected chi connectivity index (χ2v) is 0.238. The molecule has 0 aliphatic heterocycles. The van der Waals surface area contributed by atoms with E-state index in [-0.39, 0.29) is 39.0 Å². The minimum atomic E-state index is -1.50. The molecule has 0 heterocycles. The number of halogens is 2. The fraction of sp³-hybridized carbons (Fsp3) is 0. The first-order valence-corrected chi connectivity index (χ1v) is 0.565. The van der Waals surface area contributed by atoms with Crippen LogP contribution in [0.2, 0.25) is 0 Å². The first kappa shape index (κ1) is 27.7. The van der Waals surface area contributed by atoms with E-state index in [1.807, 2.05) is 0 Å². The van der Waals surface area contributed by atoms with Crippen molar-refractivity contribution in [3.05, 3.63) is 10.1 Å². The van der Waals surface area contributed by atoms with Crippen molar-refractivity contribution in [3.63, 3.8) is 0 Å². The molecule has 7 heavy (non-hydrogen) atoms. The van der Waals surface area contributed by atoms with Gasteiger partial charge in [0.15, 0.2) is 0 Å². The van der Waals surface area contributed by atoms with Gasteiger partial charge in [-0.05, 0) is 0 Å². The fourth-order valence-corrected chi connectivity index (χ4v) is 0. The van der Waals surface area contributed by atoms with E-state index in [0.717, 1.165) is 0 Å². The Balaban J connectivity index is -0.0000000150. The van der Waals surface area contributed by atoms with Crippen LogP contribution in [0, 0.1) is 10.1 Å². The second kappa shape index (κ2) is 16.6. The number of hydrogen-bond acceptors (Lipinski definition) is 2. The third-order valence-electron chi connectivity index (χ3n) is 0. The predicted molar refractivity (Wildman–Crippen MR) is 20.9 cm³/mol. The van der Waals surface area contributed by atoms with Crippen LogP contribution in [0.4, 0.5) is 9.41 Å². The van der Waals surface area contributed by atoms with Crippen molar-refractivity contribution in [2.75, 3.05) is 0 Å². The maximum absolute atomic E-state index is 8.36. The van der Waals surface area contributed by atoms with Crippen LogP contribution in [0.25, 0.3) is 0 Å². The Kier molecular flexibility index (Phi) is 65.5. The van der Waals surface area contributed by atoms with Gasteiger partial charge in [-0.15, -0.1) is 10.1 Å². The summed E-state index contributed by atoms with van der Waals surface area (Å²) in [6.07, 6.45) is 0. The summed E-state index contributed by atoms with van der Waals surface area (Å²) in [5, 5.41) is 13.6. The first-order chi connectivity index (χ1) is 1.73. The molecule has 7 heteroatoms. The quantitative estimate of drug-likeness (QED) is 0.266. The zero-order chi connectivity index (χ0) is 3.58. The van der Waals surface area contributed by atoms with Gasteiger partial charge in [0.25, 0.3) is 5.09 Å². The molecule has 0 saturated carbocycles. The summed E-state index contributed by atoms with van der Waals surface area (Å²) in [6, 6.07) is 0. The summed E-state index contributed by atoms with van der Waals surface area (Å²) in [6.45, 7) is 0.